The number of aromatic nitrogens is 1. The van der Waals surface area contributed by atoms with Crippen LogP contribution in [0.2, 0.25) is 0 Å². The second-order valence-electron chi connectivity index (χ2n) is 4.76. The van der Waals surface area contributed by atoms with Crippen molar-refractivity contribution in [3.8, 4) is 5.75 Å². The standard InChI is InChI=1S/C16H22N4OS.HI/c1-12-13(2)22-15(20-12)11-19-16(17-3)18-9-10-21-14-7-5-4-6-8-14;/h4-8H,9-11H2,1-3H3,(H2,17,18,19);1H. The molecule has 126 valence electrons. The van der Waals surface area contributed by atoms with E-state index in [1.165, 1.54) is 4.88 Å². The van der Waals surface area contributed by atoms with E-state index in [0.29, 0.717) is 19.7 Å². The maximum atomic E-state index is 5.63. The summed E-state index contributed by atoms with van der Waals surface area (Å²) < 4.78 is 5.63. The molecule has 0 amide bonds. The van der Waals surface area contributed by atoms with Crippen molar-refractivity contribution in [2.75, 3.05) is 20.2 Å². The van der Waals surface area contributed by atoms with Gasteiger partial charge in [-0.1, -0.05) is 18.2 Å². The first-order valence-electron chi connectivity index (χ1n) is 7.24. The number of ether oxygens (including phenoxy) is 1. The predicted molar refractivity (Wildman–Crippen MR) is 107 cm³/mol. The van der Waals surface area contributed by atoms with Crippen molar-refractivity contribution in [1.29, 1.82) is 0 Å². The van der Waals surface area contributed by atoms with Crippen LogP contribution in [-0.4, -0.2) is 31.1 Å². The molecule has 0 aliphatic carbocycles. The number of hydrogen-bond acceptors (Lipinski definition) is 4. The number of benzene rings is 1. The van der Waals surface area contributed by atoms with Crippen molar-refractivity contribution in [2.24, 2.45) is 4.99 Å². The second-order valence-corrected chi connectivity index (χ2v) is 6.05. The quantitative estimate of drug-likeness (QED) is 0.310. The molecule has 1 heterocycles. The lowest BCUT2D eigenvalue weighted by atomic mass is 10.3. The highest BCUT2D eigenvalue weighted by Gasteiger charge is 2.04. The zero-order valence-corrected chi connectivity index (χ0v) is 16.8. The monoisotopic (exact) mass is 446 g/mol. The highest BCUT2D eigenvalue weighted by molar-refractivity contribution is 14.0. The molecule has 2 rings (SSSR count). The third kappa shape index (κ3) is 6.74. The van der Waals surface area contributed by atoms with Gasteiger partial charge in [-0.25, -0.2) is 4.98 Å². The molecule has 0 aliphatic rings. The van der Waals surface area contributed by atoms with Gasteiger partial charge >= 0.3 is 0 Å². The van der Waals surface area contributed by atoms with E-state index in [2.05, 4.69) is 27.5 Å². The summed E-state index contributed by atoms with van der Waals surface area (Å²) in [5, 5.41) is 7.55. The van der Waals surface area contributed by atoms with Gasteiger partial charge in [0.05, 0.1) is 18.8 Å². The predicted octanol–water partition coefficient (Wildman–Crippen LogP) is 3.12. The third-order valence-corrected chi connectivity index (χ3v) is 4.18. The third-order valence-electron chi connectivity index (χ3n) is 3.11. The molecule has 0 fully saturated rings. The Morgan fingerprint density at radius 1 is 1.22 bits per heavy atom. The molecule has 0 radical (unpaired) electrons. The Kier molecular flexibility index (Phi) is 8.93. The molecule has 0 spiro atoms. The highest BCUT2D eigenvalue weighted by atomic mass is 127. The van der Waals surface area contributed by atoms with Gasteiger partial charge in [0.15, 0.2) is 5.96 Å². The van der Waals surface area contributed by atoms with Gasteiger partial charge in [0.2, 0.25) is 0 Å². The van der Waals surface area contributed by atoms with Gasteiger partial charge in [0.25, 0.3) is 0 Å². The van der Waals surface area contributed by atoms with Crippen LogP contribution in [0.25, 0.3) is 0 Å². The van der Waals surface area contributed by atoms with Crippen LogP contribution in [-0.2, 0) is 6.54 Å². The molecule has 1 aromatic carbocycles. The van der Waals surface area contributed by atoms with E-state index in [-0.39, 0.29) is 24.0 Å². The van der Waals surface area contributed by atoms with Crippen LogP contribution in [0.3, 0.4) is 0 Å². The van der Waals surface area contributed by atoms with E-state index in [1.54, 1.807) is 18.4 Å². The molecule has 2 aromatic rings. The van der Waals surface area contributed by atoms with Gasteiger partial charge < -0.3 is 15.4 Å². The summed E-state index contributed by atoms with van der Waals surface area (Å²) in [5.74, 6) is 1.63. The Morgan fingerprint density at radius 2 is 1.96 bits per heavy atom. The smallest absolute Gasteiger partial charge is 0.191 e. The van der Waals surface area contributed by atoms with E-state index in [4.69, 9.17) is 4.74 Å². The van der Waals surface area contributed by atoms with Gasteiger partial charge in [0, 0.05) is 11.9 Å². The van der Waals surface area contributed by atoms with Crippen molar-refractivity contribution in [3.05, 3.63) is 45.9 Å². The number of nitrogens with one attached hydrogen (secondary N) is 2. The number of nitrogens with zero attached hydrogens (tertiary/aromatic N) is 2. The van der Waals surface area contributed by atoms with E-state index in [9.17, 15) is 0 Å². The van der Waals surface area contributed by atoms with E-state index >= 15 is 0 Å². The Labute approximate surface area is 158 Å². The minimum atomic E-state index is 0. The number of hydrogen-bond donors (Lipinski definition) is 2. The van der Waals surface area contributed by atoms with Crippen molar-refractivity contribution >= 4 is 41.3 Å². The van der Waals surface area contributed by atoms with Crippen LogP contribution in [0.4, 0.5) is 0 Å². The molecule has 0 bridgehead atoms. The number of aliphatic imine (C=N–C) groups is 1. The van der Waals surface area contributed by atoms with Gasteiger partial charge in [-0.2, -0.15) is 0 Å². The zero-order valence-electron chi connectivity index (χ0n) is 13.6. The van der Waals surface area contributed by atoms with Crippen molar-refractivity contribution in [3.63, 3.8) is 0 Å². The fourth-order valence-electron chi connectivity index (χ4n) is 1.85. The molecule has 7 heteroatoms. The summed E-state index contributed by atoms with van der Waals surface area (Å²) in [6.45, 7) is 6.07. The SMILES string of the molecule is CN=C(NCCOc1ccccc1)NCc1nc(C)c(C)s1.I. The summed E-state index contributed by atoms with van der Waals surface area (Å²) in [6.07, 6.45) is 0. The van der Waals surface area contributed by atoms with E-state index in [1.807, 2.05) is 37.3 Å². The Bertz CT molecular complexity index is 596. The van der Waals surface area contributed by atoms with Crippen molar-refractivity contribution < 1.29 is 4.74 Å². The van der Waals surface area contributed by atoms with Crippen molar-refractivity contribution in [1.82, 2.24) is 15.6 Å². The Hall–Kier alpha value is -1.35. The average molecular weight is 446 g/mol. The Morgan fingerprint density at radius 3 is 2.57 bits per heavy atom. The minimum Gasteiger partial charge on any atom is -0.492 e. The summed E-state index contributed by atoms with van der Waals surface area (Å²) in [6, 6.07) is 9.78. The van der Waals surface area contributed by atoms with Gasteiger partial charge in [-0.05, 0) is 26.0 Å². The number of para-hydroxylation sites is 1. The van der Waals surface area contributed by atoms with Crippen LogP contribution < -0.4 is 15.4 Å². The first kappa shape index (κ1) is 19.7. The molecule has 0 unspecified atom stereocenters. The maximum absolute atomic E-state index is 5.63. The van der Waals surface area contributed by atoms with Crippen LogP contribution in [0.1, 0.15) is 15.6 Å². The average Bonchev–Trinajstić information content (AvgIpc) is 2.86. The first-order chi connectivity index (χ1) is 10.7. The molecule has 0 atom stereocenters. The first-order valence-corrected chi connectivity index (χ1v) is 8.06. The maximum Gasteiger partial charge on any atom is 0.191 e. The molecular weight excluding hydrogens is 423 g/mol. The second kappa shape index (κ2) is 10.4. The summed E-state index contributed by atoms with van der Waals surface area (Å²) >= 11 is 1.71. The summed E-state index contributed by atoms with van der Waals surface area (Å²) in [7, 11) is 1.76. The van der Waals surface area contributed by atoms with Gasteiger partial charge in [0.1, 0.15) is 17.4 Å². The van der Waals surface area contributed by atoms with E-state index < -0.39 is 0 Å². The highest BCUT2D eigenvalue weighted by Crippen LogP contribution is 2.15. The lowest BCUT2D eigenvalue weighted by Gasteiger charge is -2.11. The summed E-state index contributed by atoms with van der Waals surface area (Å²) in [5.41, 5.74) is 1.10. The topological polar surface area (TPSA) is 58.5 Å². The number of guanidine groups is 1. The lowest BCUT2D eigenvalue weighted by molar-refractivity contribution is 0.322. The van der Waals surface area contributed by atoms with Gasteiger partial charge in [-0.3, -0.25) is 4.99 Å². The largest absolute Gasteiger partial charge is 0.492 e. The zero-order chi connectivity index (χ0) is 15.8. The fourth-order valence-corrected chi connectivity index (χ4v) is 2.72. The number of rotatable bonds is 6. The molecule has 5 nitrogen and oxygen atoms in total. The number of thiazole rings is 1. The minimum absolute atomic E-state index is 0. The van der Waals surface area contributed by atoms with E-state index in [0.717, 1.165) is 22.4 Å². The normalized spacial score (nSPS) is 10.8. The van der Waals surface area contributed by atoms with Crippen LogP contribution in [0.15, 0.2) is 35.3 Å². The van der Waals surface area contributed by atoms with Gasteiger partial charge in [-0.15, -0.1) is 35.3 Å². The lowest BCUT2D eigenvalue weighted by Crippen LogP contribution is -2.38. The van der Waals surface area contributed by atoms with Crippen molar-refractivity contribution in [2.45, 2.75) is 20.4 Å². The number of aryl methyl sites for hydroxylation is 2. The Balaban J connectivity index is 0.00000264. The molecule has 0 saturated carbocycles. The molecule has 0 aliphatic heterocycles. The molecule has 0 saturated heterocycles. The van der Waals surface area contributed by atoms with Crippen LogP contribution in [0, 0.1) is 13.8 Å². The van der Waals surface area contributed by atoms with Crippen LogP contribution >= 0.6 is 35.3 Å². The fraction of sp³-hybridized carbons (Fsp3) is 0.375. The summed E-state index contributed by atoms with van der Waals surface area (Å²) in [4.78, 5) is 9.95. The molecule has 1 aromatic heterocycles. The molecule has 2 N–H and O–H groups in total. The van der Waals surface area contributed by atoms with Crippen LogP contribution in [0.5, 0.6) is 5.75 Å². The number of halogens is 1. The molecule has 23 heavy (non-hydrogen) atoms. The molecular formula is C16H23IN4OS.